The van der Waals surface area contributed by atoms with Gasteiger partial charge in [-0.15, -0.1) is 0 Å². The van der Waals surface area contributed by atoms with Crippen molar-refractivity contribution in [1.82, 2.24) is 4.57 Å². The summed E-state index contributed by atoms with van der Waals surface area (Å²) in [5.41, 5.74) is 1.80. The van der Waals surface area contributed by atoms with E-state index in [1.807, 2.05) is 0 Å². The smallest absolute Gasteiger partial charge is 0.343 e. The molecular formula is C36H35FN2O9S. The standard InChI is InChI=1S/C36H35FN2O9S/c1-6-45-29-18-23(13-15-27(29)48-20-31(40)44-5)33-32(35(42)46-7-2)21(3)38-36-39(33)34(41)30(49-36)17-22-12-14-26(28(16-22)43-4)47-19-24-10-8-9-11-25(24)37/h8-18,33H,6-7,19-20H2,1-5H3/b30-17-/t33-/m0/s1. The van der Waals surface area contributed by atoms with Gasteiger partial charge in [0.2, 0.25) is 0 Å². The van der Waals surface area contributed by atoms with Gasteiger partial charge >= 0.3 is 11.9 Å². The van der Waals surface area contributed by atoms with Gasteiger partial charge in [-0.3, -0.25) is 9.36 Å². The van der Waals surface area contributed by atoms with Gasteiger partial charge in [0.15, 0.2) is 34.4 Å². The largest absolute Gasteiger partial charge is 0.493 e. The molecule has 0 spiro atoms. The molecule has 5 rings (SSSR count). The lowest BCUT2D eigenvalue weighted by Gasteiger charge is -2.25. The molecule has 0 unspecified atom stereocenters. The Morgan fingerprint density at radius 3 is 2.41 bits per heavy atom. The van der Waals surface area contributed by atoms with Gasteiger partial charge in [0.25, 0.3) is 5.56 Å². The molecule has 0 bridgehead atoms. The Balaban J connectivity index is 1.56. The predicted molar refractivity (Wildman–Crippen MR) is 179 cm³/mol. The van der Waals surface area contributed by atoms with Crippen molar-refractivity contribution in [1.29, 1.82) is 0 Å². The monoisotopic (exact) mass is 690 g/mol. The molecule has 1 aromatic heterocycles. The Morgan fingerprint density at radius 2 is 1.69 bits per heavy atom. The van der Waals surface area contributed by atoms with Crippen LogP contribution in [0.4, 0.5) is 4.39 Å². The van der Waals surface area contributed by atoms with E-state index in [0.717, 1.165) is 0 Å². The van der Waals surface area contributed by atoms with Crippen LogP contribution in [-0.4, -0.2) is 50.5 Å². The highest BCUT2D eigenvalue weighted by Crippen LogP contribution is 2.36. The molecule has 49 heavy (non-hydrogen) atoms. The summed E-state index contributed by atoms with van der Waals surface area (Å²) in [5.74, 6) is -0.139. The number of methoxy groups -OCH3 is 2. The number of halogens is 1. The highest BCUT2D eigenvalue weighted by molar-refractivity contribution is 7.07. The second kappa shape index (κ2) is 15.6. The summed E-state index contributed by atoms with van der Waals surface area (Å²) in [6.07, 6.45) is 1.70. The van der Waals surface area contributed by atoms with Crippen molar-refractivity contribution < 1.29 is 42.4 Å². The van der Waals surface area contributed by atoms with Crippen LogP contribution in [0.25, 0.3) is 6.08 Å². The molecule has 1 aliphatic heterocycles. The SMILES string of the molecule is CCOC(=O)C1=C(C)N=c2s/c(=C\c3ccc(OCc4ccccc4F)c(OC)c3)c(=O)n2[C@H]1c1ccc(OCC(=O)OC)c(OCC)c1. The Kier molecular flexibility index (Phi) is 11.1. The fourth-order valence-corrected chi connectivity index (χ4v) is 6.25. The molecule has 2 heterocycles. The van der Waals surface area contributed by atoms with Gasteiger partial charge < -0.3 is 28.4 Å². The van der Waals surface area contributed by atoms with Crippen molar-refractivity contribution in [2.75, 3.05) is 34.0 Å². The lowest BCUT2D eigenvalue weighted by molar-refractivity contribution is -0.143. The van der Waals surface area contributed by atoms with E-state index in [1.54, 1.807) is 81.4 Å². The van der Waals surface area contributed by atoms with Gasteiger partial charge in [0, 0.05) is 5.56 Å². The van der Waals surface area contributed by atoms with E-state index in [1.165, 1.54) is 36.2 Å². The number of aromatic nitrogens is 1. The Bertz CT molecular complexity index is 2090. The highest BCUT2D eigenvalue weighted by atomic mass is 32.1. The zero-order valence-electron chi connectivity index (χ0n) is 27.6. The molecule has 0 amide bonds. The summed E-state index contributed by atoms with van der Waals surface area (Å²) in [5, 5.41) is 0. The van der Waals surface area contributed by atoms with E-state index < -0.39 is 18.0 Å². The van der Waals surface area contributed by atoms with E-state index >= 15 is 0 Å². The molecule has 0 radical (unpaired) electrons. The van der Waals surface area contributed by atoms with Crippen LogP contribution in [0.15, 0.2) is 81.7 Å². The van der Waals surface area contributed by atoms with Crippen LogP contribution in [0, 0.1) is 5.82 Å². The number of hydrogen-bond acceptors (Lipinski definition) is 11. The van der Waals surface area contributed by atoms with Crippen molar-refractivity contribution in [3.63, 3.8) is 0 Å². The molecule has 1 atom stereocenters. The number of esters is 2. The van der Waals surface area contributed by atoms with Crippen LogP contribution in [0.1, 0.15) is 43.5 Å². The number of nitrogens with zero attached hydrogens (tertiary/aromatic N) is 2. The molecule has 0 aliphatic carbocycles. The molecule has 0 saturated heterocycles. The summed E-state index contributed by atoms with van der Waals surface area (Å²) in [6, 6.07) is 15.6. The summed E-state index contributed by atoms with van der Waals surface area (Å²) in [4.78, 5) is 44.2. The first-order valence-corrected chi connectivity index (χ1v) is 16.2. The number of carbonyl (C=O) groups is 2. The van der Waals surface area contributed by atoms with Crippen LogP contribution in [0.5, 0.6) is 23.0 Å². The molecule has 256 valence electrons. The second-order valence-corrected chi connectivity index (χ2v) is 11.6. The van der Waals surface area contributed by atoms with Crippen molar-refractivity contribution in [3.8, 4) is 23.0 Å². The summed E-state index contributed by atoms with van der Waals surface area (Å²) in [6.45, 7) is 5.27. The van der Waals surface area contributed by atoms with Crippen LogP contribution >= 0.6 is 11.3 Å². The van der Waals surface area contributed by atoms with Gasteiger partial charge in [-0.1, -0.05) is 41.7 Å². The van der Waals surface area contributed by atoms with Crippen LogP contribution in [-0.2, 0) is 25.7 Å². The molecule has 3 aromatic carbocycles. The van der Waals surface area contributed by atoms with Crippen molar-refractivity contribution in [2.45, 2.75) is 33.4 Å². The Morgan fingerprint density at radius 1 is 0.939 bits per heavy atom. The fraction of sp³-hybridized carbons (Fsp3) is 0.278. The topological polar surface area (TPSA) is 124 Å². The molecular weight excluding hydrogens is 655 g/mol. The van der Waals surface area contributed by atoms with E-state index in [2.05, 4.69) is 9.73 Å². The molecule has 0 saturated carbocycles. The zero-order chi connectivity index (χ0) is 35.1. The van der Waals surface area contributed by atoms with E-state index in [0.29, 0.717) is 49.0 Å². The predicted octanol–water partition coefficient (Wildman–Crippen LogP) is 4.48. The summed E-state index contributed by atoms with van der Waals surface area (Å²) in [7, 11) is 2.75. The number of allylic oxidation sites excluding steroid dienone is 1. The molecule has 4 aromatic rings. The number of fused-ring (bicyclic) bond motifs is 1. The minimum atomic E-state index is -0.907. The number of benzene rings is 3. The number of thiazole rings is 1. The first-order chi connectivity index (χ1) is 23.7. The van der Waals surface area contributed by atoms with Crippen molar-refractivity contribution >= 4 is 29.4 Å². The van der Waals surface area contributed by atoms with Crippen molar-refractivity contribution in [2.24, 2.45) is 4.99 Å². The molecule has 11 nitrogen and oxygen atoms in total. The normalized spacial score (nSPS) is 14.1. The maximum atomic E-state index is 14.1. The summed E-state index contributed by atoms with van der Waals surface area (Å²) < 4.78 is 48.8. The third kappa shape index (κ3) is 7.67. The third-order valence-corrected chi connectivity index (χ3v) is 8.48. The van der Waals surface area contributed by atoms with Crippen LogP contribution in [0.2, 0.25) is 0 Å². The highest BCUT2D eigenvalue weighted by Gasteiger charge is 2.34. The van der Waals surface area contributed by atoms with Crippen LogP contribution in [0.3, 0.4) is 0 Å². The van der Waals surface area contributed by atoms with E-state index in [4.69, 9.17) is 23.7 Å². The lowest BCUT2D eigenvalue weighted by atomic mass is 9.95. The molecule has 13 heteroatoms. The number of ether oxygens (including phenoxy) is 6. The van der Waals surface area contributed by atoms with Gasteiger partial charge in [0.1, 0.15) is 12.4 Å². The third-order valence-electron chi connectivity index (χ3n) is 7.50. The minimum Gasteiger partial charge on any atom is -0.493 e. The number of carbonyl (C=O) groups excluding carboxylic acids is 2. The Labute approximate surface area is 285 Å². The van der Waals surface area contributed by atoms with E-state index in [-0.39, 0.29) is 49.1 Å². The average Bonchev–Trinajstić information content (AvgIpc) is 3.40. The molecule has 1 aliphatic rings. The van der Waals surface area contributed by atoms with Gasteiger partial charge in [-0.2, -0.15) is 0 Å². The molecule has 0 N–H and O–H groups in total. The maximum absolute atomic E-state index is 14.1. The lowest BCUT2D eigenvalue weighted by Crippen LogP contribution is -2.40. The molecule has 0 fully saturated rings. The zero-order valence-corrected chi connectivity index (χ0v) is 28.4. The van der Waals surface area contributed by atoms with Gasteiger partial charge in [0.05, 0.1) is 49.3 Å². The number of hydrogen-bond donors (Lipinski definition) is 0. The van der Waals surface area contributed by atoms with Gasteiger partial charge in [-0.05, 0) is 68.3 Å². The van der Waals surface area contributed by atoms with E-state index in [9.17, 15) is 18.8 Å². The first kappa shape index (κ1) is 34.9. The average molecular weight is 691 g/mol. The fourth-order valence-electron chi connectivity index (χ4n) is 5.20. The number of rotatable bonds is 13. The summed E-state index contributed by atoms with van der Waals surface area (Å²) >= 11 is 1.17. The van der Waals surface area contributed by atoms with Crippen molar-refractivity contribution in [3.05, 3.63) is 114 Å². The minimum absolute atomic E-state index is 0.00647. The second-order valence-electron chi connectivity index (χ2n) is 10.6. The maximum Gasteiger partial charge on any atom is 0.343 e. The first-order valence-electron chi connectivity index (χ1n) is 15.4. The Hall–Kier alpha value is -5.43. The quantitative estimate of drug-likeness (QED) is 0.187. The van der Waals surface area contributed by atoms with Crippen LogP contribution < -0.4 is 33.8 Å². The van der Waals surface area contributed by atoms with Gasteiger partial charge in [-0.25, -0.2) is 19.0 Å².